The summed E-state index contributed by atoms with van der Waals surface area (Å²) in [6, 6.07) is 17.4. The van der Waals surface area contributed by atoms with Gasteiger partial charge in [0.25, 0.3) is 5.91 Å². The molecular formula is C17H15BrN4OS. The maximum atomic E-state index is 12.5. The average Bonchev–Trinajstić information content (AvgIpc) is 2.94. The molecule has 1 amide bonds. The number of nitrogens with one attached hydrogen (secondary N) is 1. The molecule has 1 N–H and O–H groups in total. The van der Waals surface area contributed by atoms with Gasteiger partial charge in [-0.2, -0.15) is 0 Å². The van der Waals surface area contributed by atoms with Crippen molar-refractivity contribution < 1.29 is 4.79 Å². The smallest absolute Gasteiger partial charge is 0.267 e. The molecule has 0 bridgehead atoms. The van der Waals surface area contributed by atoms with Gasteiger partial charge in [0, 0.05) is 10.2 Å². The van der Waals surface area contributed by atoms with E-state index in [1.165, 1.54) is 17.3 Å². The normalized spacial score (nSPS) is 10.6. The molecule has 1 aromatic heterocycles. The second-order valence-corrected chi connectivity index (χ2v) is 6.86. The molecule has 0 saturated carbocycles. The fraction of sp³-hybridized carbons (Fsp3) is 0.118. The van der Waals surface area contributed by atoms with Gasteiger partial charge in [0.2, 0.25) is 5.16 Å². The number of hydrogen-bond donors (Lipinski definition) is 1. The van der Waals surface area contributed by atoms with Crippen LogP contribution in [0.2, 0.25) is 0 Å². The van der Waals surface area contributed by atoms with Gasteiger partial charge in [-0.15, -0.1) is 10.2 Å². The maximum Gasteiger partial charge on any atom is 0.271 e. The molecule has 0 saturated heterocycles. The summed E-state index contributed by atoms with van der Waals surface area (Å²) >= 11 is 4.92. The first kappa shape index (κ1) is 16.7. The molecule has 24 heavy (non-hydrogen) atoms. The van der Waals surface area contributed by atoms with Crippen molar-refractivity contribution in [1.82, 2.24) is 14.9 Å². The molecule has 1 heterocycles. The summed E-state index contributed by atoms with van der Waals surface area (Å²) in [5.74, 6) is 1.17. The molecule has 0 unspecified atom stereocenters. The van der Waals surface area contributed by atoms with Crippen molar-refractivity contribution in [2.75, 3.05) is 5.43 Å². The first-order chi connectivity index (χ1) is 11.6. The Labute approximate surface area is 152 Å². The standard InChI is InChI=1S/C17H15BrN4OS/c1-12-19-20-17(24-11-13-7-3-2-4-8-13)22(12)21-16(23)14-9-5-6-10-15(14)18/h2-10H,11H2,1H3,(H,21,23). The first-order valence-corrected chi connectivity index (χ1v) is 9.07. The van der Waals surface area contributed by atoms with Gasteiger partial charge >= 0.3 is 0 Å². The Hall–Kier alpha value is -2.12. The lowest BCUT2D eigenvalue weighted by Gasteiger charge is -2.11. The van der Waals surface area contributed by atoms with Crippen LogP contribution in [0.3, 0.4) is 0 Å². The van der Waals surface area contributed by atoms with Crippen LogP contribution in [0.1, 0.15) is 21.7 Å². The fourth-order valence-corrected chi connectivity index (χ4v) is 3.45. The van der Waals surface area contributed by atoms with Crippen LogP contribution < -0.4 is 5.43 Å². The van der Waals surface area contributed by atoms with Crippen LogP contribution in [-0.2, 0) is 5.75 Å². The highest BCUT2D eigenvalue weighted by molar-refractivity contribution is 9.10. The van der Waals surface area contributed by atoms with E-state index >= 15 is 0 Å². The number of nitrogens with zero attached hydrogens (tertiary/aromatic N) is 3. The van der Waals surface area contributed by atoms with Gasteiger partial charge in [-0.3, -0.25) is 10.2 Å². The van der Waals surface area contributed by atoms with Crippen molar-refractivity contribution in [2.24, 2.45) is 0 Å². The van der Waals surface area contributed by atoms with Crippen molar-refractivity contribution in [3.8, 4) is 0 Å². The highest BCUT2D eigenvalue weighted by atomic mass is 79.9. The number of amides is 1. The summed E-state index contributed by atoms with van der Waals surface area (Å²) in [5.41, 5.74) is 4.60. The Bertz CT molecular complexity index is 851. The molecule has 3 rings (SSSR count). The highest BCUT2D eigenvalue weighted by Crippen LogP contribution is 2.22. The molecule has 7 heteroatoms. The number of aryl methyl sites for hydroxylation is 1. The summed E-state index contributed by atoms with van der Waals surface area (Å²) < 4.78 is 2.36. The van der Waals surface area contributed by atoms with Gasteiger partial charge in [0.15, 0.2) is 0 Å². The van der Waals surface area contributed by atoms with Crippen LogP contribution in [-0.4, -0.2) is 20.8 Å². The minimum atomic E-state index is -0.216. The number of carbonyl (C=O) groups excluding carboxylic acids is 1. The largest absolute Gasteiger partial charge is 0.271 e. The summed E-state index contributed by atoms with van der Waals surface area (Å²) in [6.45, 7) is 1.81. The number of halogens is 1. The number of aromatic nitrogens is 3. The molecule has 0 aliphatic carbocycles. The zero-order valence-electron chi connectivity index (χ0n) is 12.9. The molecule has 5 nitrogen and oxygen atoms in total. The van der Waals surface area contributed by atoms with Crippen molar-refractivity contribution >= 4 is 33.6 Å². The molecule has 0 radical (unpaired) electrons. The second kappa shape index (κ2) is 7.63. The van der Waals surface area contributed by atoms with E-state index in [0.29, 0.717) is 16.5 Å². The van der Waals surface area contributed by atoms with E-state index in [-0.39, 0.29) is 5.91 Å². The van der Waals surface area contributed by atoms with E-state index in [1.807, 2.05) is 36.4 Å². The third-order valence-corrected chi connectivity index (χ3v) is 5.03. The van der Waals surface area contributed by atoms with E-state index < -0.39 is 0 Å². The summed E-state index contributed by atoms with van der Waals surface area (Å²) in [7, 11) is 0. The molecule has 0 aliphatic rings. The van der Waals surface area contributed by atoms with E-state index in [2.05, 4.69) is 43.7 Å². The quantitative estimate of drug-likeness (QED) is 0.654. The summed E-state index contributed by atoms with van der Waals surface area (Å²) in [5, 5.41) is 8.86. The lowest BCUT2D eigenvalue weighted by Crippen LogP contribution is -2.25. The van der Waals surface area contributed by atoms with Crippen molar-refractivity contribution in [3.63, 3.8) is 0 Å². The molecule has 0 spiro atoms. The van der Waals surface area contributed by atoms with Crippen LogP contribution >= 0.6 is 27.7 Å². The van der Waals surface area contributed by atoms with Crippen LogP contribution in [0, 0.1) is 6.92 Å². The lowest BCUT2D eigenvalue weighted by atomic mass is 10.2. The molecule has 0 fully saturated rings. The number of carbonyl (C=O) groups is 1. The Morgan fingerprint density at radius 1 is 1.12 bits per heavy atom. The van der Waals surface area contributed by atoms with E-state index in [4.69, 9.17) is 0 Å². The molecule has 3 aromatic rings. The number of rotatable bonds is 5. The van der Waals surface area contributed by atoms with Crippen molar-refractivity contribution in [1.29, 1.82) is 0 Å². The molecule has 0 aliphatic heterocycles. The third kappa shape index (κ3) is 3.85. The number of benzene rings is 2. The minimum Gasteiger partial charge on any atom is -0.267 e. The maximum absolute atomic E-state index is 12.5. The van der Waals surface area contributed by atoms with Gasteiger partial charge in [0.05, 0.1) is 5.56 Å². The van der Waals surface area contributed by atoms with Gasteiger partial charge in [-0.1, -0.05) is 54.2 Å². The van der Waals surface area contributed by atoms with Crippen molar-refractivity contribution in [3.05, 3.63) is 76.0 Å². The topological polar surface area (TPSA) is 59.8 Å². The van der Waals surface area contributed by atoms with Gasteiger partial charge in [-0.25, -0.2) is 4.68 Å². The average molecular weight is 403 g/mol. The van der Waals surface area contributed by atoms with Crippen LogP contribution in [0.15, 0.2) is 64.2 Å². The molecule has 2 aromatic carbocycles. The monoisotopic (exact) mass is 402 g/mol. The molecule has 0 atom stereocenters. The zero-order valence-corrected chi connectivity index (χ0v) is 15.3. The van der Waals surface area contributed by atoms with Gasteiger partial charge in [0.1, 0.15) is 5.82 Å². The Kier molecular flexibility index (Phi) is 5.32. The molecule has 122 valence electrons. The van der Waals surface area contributed by atoms with E-state index in [9.17, 15) is 4.79 Å². The minimum absolute atomic E-state index is 0.216. The lowest BCUT2D eigenvalue weighted by molar-refractivity contribution is 0.100. The third-order valence-electron chi connectivity index (χ3n) is 3.34. The number of thioether (sulfide) groups is 1. The van der Waals surface area contributed by atoms with Crippen LogP contribution in [0.5, 0.6) is 0 Å². The number of hydrogen-bond acceptors (Lipinski definition) is 4. The predicted octanol–water partition coefficient (Wildman–Crippen LogP) is 4.03. The predicted molar refractivity (Wildman–Crippen MR) is 98.6 cm³/mol. The Morgan fingerprint density at radius 3 is 2.58 bits per heavy atom. The fourth-order valence-electron chi connectivity index (χ4n) is 2.09. The first-order valence-electron chi connectivity index (χ1n) is 7.30. The van der Waals surface area contributed by atoms with Crippen molar-refractivity contribution in [2.45, 2.75) is 17.8 Å². The van der Waals surface area contributed by atoms with E-state index in [1.54, 1.807) is 17.7 Å². The van der Waals surface area contributed by atoms with Crippen LogP contribution in [0.25, 0.3) is 0 Å². The Balaban J connectivity index is 1.75. The van der Waals surface area contributed by atoms with Crippen LogP contribution in [0.4, 0.5) is 0 Å². The second-order valence-electron chi connectivity index (χ2n) is 5.06. The van der Waals surface area contributed by atoms with E-state index in [0.717, 1.165) is 10.2 Å². The SMILES string of the molecule is Cc1nnc(SCc2ccccc2)n1NC(=O)c1ccccc1Br. The Morgan fingerprint density at radius 2 is 1.83 bits per heavy atom. The summed E-state index contributed by atoms with van der Waals surface area (Å²) in [4.78, 5) is 12.5. The summed E-state index contributed by atoms with van der Waals surface area (Å²) in [6.07, 6.45) is 0. The van der Waals surface area contributed by atoms with Gasteiger partial charge < -0.3 is 0 Å². The highest BCUT2D eigenvalue weighted by Gasteiger charge is 2.15. The van der Waals surface area contributed by atoms with Gasteiger partial charge in [-0.05, 0) is 40.5 Å². The molecular weight excluding hydrogens is 388 g/mol. The zero-order chi connectivity index (χ0) is 16.9.